The summed E-state index contributed by atoms with van der Waals surface area (Å²) in [6.45, 7) is 4.12. The van der Waals surface area contributed by atoms with Gasteiger partial charge in [-0.25, -0.2) is 14.4 Å². The fraction of sp³-hybridized carbons (Fsp3) is 0.276. The highest BCUT2D eigenvalue weighted by Gasteiger charge is 2.17. The second-order valence-electron chi connectivity index (χ2n) is 8.44. The first kappa shape index (κ1) is 27.3. The molecule has 0 atom stereocenters. The molecule has 2 aromatic rings. The molecule has 1 aliphatic rings. The Kier molecular flexibility index (Phi) is 10.1. The van der Waals surface area contributed by atoms with E-state index >= 15 is 0 Å². The van der Waals surface area contributed by atoms with Crippen LogP contribution in [-0.2, 0) is 19.0 Å². The lowest BCUT2D eigenvalue weighted by atomic mass is 10.1. The number of allylic oxidation sites excluding steroid dienone is 4. The topological polar surface area (TPSA) is 91.4 Å². The number of rotatable bonds is 12. The molecule has 0 aliphatic heterocycles. The number of esters is 3. The highest BCUT2D eigenvalue weighted by molar-refractivity contribution is 5.91. The number of nitrogens with zero attached hydrogens (tertiary/aromatic N) is 1. The van der Waals surface area contributed by atoms with Gasteiger partial charge < -0.3 is 23.8 Å². The molecular formula is C29H31NO7. The normalized spacial score (nSPS) is 12.5. The predicted molar refractivity (Wildman–Crippen MR) is 139 cm³/mol. The second kappa shape index (κ2) is 13.7. The van der Waals surface area contributed by atoms with E-state index in [-0.39, 0.29) is 0 Å². The van der Waals surface area contributed by atoms with Gasteiger partial charge >= 0.3 is 17.9 Å². The van der Waals surface area contributed by atoms with Gasteiger partial charge in [0.1, 0.15) is 17.3 Å². The van der Waals surface area contributed by atoms with E-state index in [0.29, 0.717) is 60.9 Å². The van der Waals surface area contributed by atoms with E-state index in [1.165, 1.54) is 0 Å². The number of benzene rings is 2. The van der Waals surface area contributed by atoms with E-state index in [2.05, 4.69) is 6.58 Å². The maximum absolute atomic E-state index is 12.5. The third-order valence-corrected chi connectivity index (χ3v) is 5.45. The summed E-state index contributed by atoms with van der Waals surface area (Å²) in [7, 11) is 3.86. The van der Waals surface area contributed by atoms with Crippen molar-refractivity contribution in [1.29, 1.82) is 0 Å². The van der Waals surface area contributed by atoms with Gasteiger partial charge in [0.15, 0.2) is 0 Å². The SMILES string of the molecule is C=CC(=O)OCCCCOc1ccc(C(=O)OC2=CC=C(OC(=O)c3ccc(N(C)C)cc3)CC2)cc1. The molecule has 3 rings (SSSR count). The van der Waals surface area contributed by atoms with E-state index in [4.69, 9.17) is 18.9 Å². The number of hydrogen-bond acceptors (Lipinski definition) is 8. The van der Waals surface area contributed by atoms with Crippen LogP contribution in [0.2, 0.25) is 0 Å². The van der Waals surface area contributed by atoms with Crippen LogP contribution in [0.1, 0.15) is 46.4 Å². The summed E-state index contributed by atoms with van der Waals surface area (Å²) >= 11 is 0. The molecule has 0 radical (unpaired) electrons. The van der Waals surface area contributed by atoms with Gasteiger partial charge in [0.05, 0.1) is 24.3 Å². The molecule has 194 valence electrons. The Morgan fingerprint density at radius 1 is 0.811 bits per heavy atom. The number of carbonyl (C=O) groups excluding carboxylic acids is 3. The zero-order valence-corrected chi connectivity index (χ0v) is 21.1. The summed E-state index contributed by atoms with van der Waals surface area (Å²) in [4.78, 5) is 37.8. The average molecular weight is 506 g/mol. The number of anilines is 1. The van der Waals surface area contributed by atoms with Gasteiger partial charge in [-0.1, -0.05) is 6.58 Å². The van der Waals surface area contributed by atoms with Crippen molar-refractivity contribution in [2.75, 3.05) is 32.2 Å². The molecule has 0 fully saturated rings. The molecule has 1 aliphatic carbocycles. The molecule has 0 unspecified atom stereocenters. The Labute approximate surface area is 216 Å². The molecule has 2 aromatic carbocycles. The number of hydrogen-bond donors (Lipinski definition) is 0. The summed E-state index contributed by atoms with van der Waals surface area (Å²) in [5, 5.41) is 0. The van der Waals surface area contributed by atoms with E-state index in [1.54, 1.807) is 48.6 Å². The first-order valence-electron chi connectivity index (χ1n) is 12.0. The Balaban J connectivity index is 1.43. The van der Waals surface area contributed by atoms with Crippen LogP contribution in [0.5, 0.6) is 5.75 Å². The van der Waals surface area contributed by atoms with Crippen molar-refractivity contribution >= 4 is 23.6 Å². The number of unbranched alkanes of at least 4 members (excludes halogenated alkanes) is 1. The van der Waals surface area contributed by atoms with Crippen molar-refractivity contribution in [3.05, 3.63) is 96.0 Å². The Bertz CT molecular complexity index is 1160. The van der Waals surface area contributed by atoms with Gasteiger partial charge in [-0.15, -0.1) is 0 Å². The van der Waals surface area contributed by atoms with E-state index in [0.717, 1.165) is 18.2 Å². The lowest BCUT2D eigenvalue weighted by Gasteiger charge is -2.15. The predicted octanol–water partition coefficient (Wildman–Crippen LogP) is 5.22. The lowest BCUT2D eigenvalue weighted by Crippen LogP contribution is -2.11. The third kappa shape index (κ3) is 8.68. The zero-order valence-electron chi connectivity index (χ0n) is 21.1. The van der Waals surface area contributed by atoms with Crippen LogP contribution in [-0.4, -0.2) is 45.2 Å². The number of ether oxygens (including phenoxy) is 4. The minimum absolute atomic E-state index is 0.318. The molecule has 8 nitrogen and oxygen atoms in total. The molecule has 0 aromatic heterocycles. The zero-order chi connectivity index (χ0) is 26.6. The van der Waals surface area contributed by atoms with Gasteiger partial charge in [-0.3, -0.25) is 0 Å². The van der Waals surface area contributed by atoms with E-state index in [1.807, 2.05) is 31.1 Å². The summed E-state index contributed by atoms with van der Waals surface area (Å²) < 4.78 is 21.5. The smallest absolute Gasteiger partial charge is 0.343 e. The Morgan fingerprint density at radius 3 is 1.81 bits per heavy atom. The monoisotopic (exact) mass is 505 g/mol. The largest absolute Gasteiger partial charge is 0.494 e. The van der Waals surface area contributed by atoms with E-state index in [9.17, 15) is 14.4 Å². The maximum Gasteiger partial charge on any atom is 0.343 e. The van der Waals surface area contributed by atoms with Gasteiger partial charge in [-0.05, 0) is 73.5 Å². The molecule has 0 N–H and O–H groups in total. The fourth-order valence-electron chi connectivity index (χ4n) is 3.33. The highest BCUT2D eigenvalue weighted by Crippen LogP contribution is 2.23. The summed E-state index contributed by atoms with van der Waals surface area (Å²) in [5.74, 6) is 0.302. The summed E-state index contributed by atoms with van der Waals surface area (Å²) in [6.07, 6.45) is 6.70. The van der Waals surface area contributed by atoms with Crippen LogP contribution in [0.25, 0.3) is 0 Å². The molecule has 8 heteroatoms. The molecule has 0 spiro atoms. The van der Waals surface area contributed by atoms with Crippen LogP contribution in [0.3, 0.4) is 0 Å². The molecule has 37 heavy (non-hydrogen) atoms. The first-order valence-corrected chi connectivity index (χ1v) is 12.0. The minimum Gasteiger partial charge on any atom is -0.494 e. The summed E-state index contributed by atoms with van der Waals surface area (Å²) in [6, 6.07) is 13.8. The lowest BCUT2D eigenvalue weighted by molar-refractivity contribution is -0.137. The van der Waals surface area contributed by atoms with Gasteiger partial charge in [0.2, 0.25) is 0 Å². The number of carbonyl (C=O) groups is 3. The Morgan fingerprint density at radius 2 is 1.32 bits per heavy atom. The van der Waals surface area contributed by atoms with Crippen molar-refractivity contribution in [3.63, 3.8) is 0 Å². The van der Waals surface area contributed by atoms with Crippen molar-refractivity contribution in [2.45, 2.75) is 25.7 Å². The van der Waals surface area contributed by atoms with Gasteiger partial charge in [0, 0.05) is 38.7 Å². The average Bonchev–Trinajstić information content (AvgIpc) is 2.91. The molecule has 0 saturated heterocycles. The van der Waals surface area contributed by atoms with Gasteiger partial charge in [-0.2, -0.15) is 0 Å². The standard InChI is InChI=1S/C29H31NO7/c1-4-27(31)35-20-6-5-19-34-24-13-9-22(10-14-24)29(33)37-26-17-15-25(16-18-26)36-28(32)21-7-11-23(12-8-21)30(2)3/h4,7-15,17H,1,5-6,16,18-20H2,2-3H3. The molecular weight excluding hydrogens is 474 g/mol. The first-order chi connectivity index (χ1) is 17.9. The second-order valence-corrected chi connectivity index (χ2v) is 8.44. The molecule has 0 amide bonds. The molecule has 0 bridgehead atoms. The van der Waals surface area contributed by atoms with Crippen LogP contribution >= 0.6 is 0 Å². The highest BCUT2D eigenvalue weighted by atomic mass is 16.5. The molecule has 0 saturated carbocycles. The summed E-state index contributed by atoms with van der Waals surface area (Å²) in [5.41, 5.74) is 1.85. The van der Waals surface area contributed by atoms with Crippen LogP contribution in [0.15, 0.2) is 84.9 Å². The molecule has 0 heterocycles. The fourth-order valence-corrected chi connectivity index (χ4v) is 3.33. The van der Waals surface area contributed by atoms with Crippen molar-refractivity contribution in [3.8, 4) is 5.75 Å². The Hall–Kier alpha value is -4.33. The minimum atomic E-state index is -0.475. The maximum atomic E-state index is 12.5. The van der Waals surface area contributed by atoms with Gasteiger partial charge in [0.25, 0.3) is 0 Å². The van der Waals surface area contributed by atoms with Crippen molar-refractivity contribution in [2.24, 2.45) is 0 Å². The van der Waals surface area contributed by atoms with Crippen LogP contribution < -0.4 is 9.64 Å². The third-order valence-electron chi connectivity index (χ3n) is 5.45. The van der Waals surface area contributed by atoms with Crippen LogP contribution in [0.4, 0.5) is 5.69 Å². The van der Waals surface area contributed by atoms with Crippen LogP contribution in [0, 0.1) is 0 Å². The van der Waals surface area contributed by atoms with Crippen molar-refractivity contribution in [1.82, 2.24) is 0 Å². The van der Waals surface area contributed by atoms with E-state index < -0.39 is 17.9 Å². The quantitative estimate of drug-likeness (QED) is 0.168. The van der Waals surface area contributed by atoms with Crippen molar-refractivity contribution < 1.29 is 33.3 Å².